The summed E-state index contributed by atoms with van der Waals surface area (Å²) >= 11 is 0. The van der Waals surface area contributed by atoms with Crippen molar-refractivity contribution in [1.82, 2.24) is 10.2 Å². The molecular weight excluding hydrogens is 252 g/mol. The largest absolute Gasteiger partial charge is 0.325 e. The molecule has 0 fully saturated rings. The molecule has 5 nitrogen and oxygen atoms in total. The average Bonchev–Trinajstić information content (AvgIpc) is 2.91. The van der Waals surface area contributed by atoms with Crippen molar-refractivity contribution in [1.29, 1.82) is 0 Å². The van der Waals surface area contributed by atoms with E-state index in [9.17, 15) is 4.79 Å². The lowest BCUT2D eigenvalue weighted by Gasteiger charge is -2.25. The number of H-pyrrole nitrogens is 1. The molecule has 0 saturated carbocycles. The minimum atomic E-state index is -0.546. The Morgan fingerprint density at radius 1 is 1.25 bits per heavy atom. The van der Waals surface area contributed by atoms with Crippen LogP contribution >= 0.6 is 0 Å². The van der Waals surface area contributed by atoms with Gasteiger partial charge in [-0.3, -0.25) is 9.89 Å². The van der Waals surface area contributed by atoms with Crippen molar-refractivity contribution in [3.63, 3.8) is 0 Å². The Kier molecular flexibility index (Phi) is 3.90. The Balaban J connectivity index is 2.06. The van der Waals surface area contributed by atoms with Crippen LogP contribution in [0.3, 0.4) is 0 Å². The monoisotopic (exact) mass is 272 g/mol. The number of amides is 1. The van der Waals surface area contributed by atoms with Crippen molar-refractivity contribution in [2.75, 3.05) is 5.32 Å². The summed E-state index contributed by atoms with van der Waals surface area (Å²) in [6.07, 6.45) is 1.70. The first kappa shape index (κ1) is 14.3. The number of benzene rings is 1. The summed E-state index contributed by atoms with van der Waals surface area (Å²) in [7, 11) is 0. The van der Waals surface area contributed by atoms with Crippen LogP contribution in [0.2, 0.25) is 0 Å². The predicted octanol–water partition coefficient (Wildman–Crippen LogP) is 2.39. The van der Waals surface area contributed by atoms with Gasteiger partial charge in [0.2, 0.25) is 5.91 Å². The van der Waals surface area contributed by atoms with Crippen molar-refractivity contribution >= 4 is 11.6 Å². The number of aromatic nitrogens is 2. The van der Waals surface area contributed by atoms with Gasteiger partial charge in [0.15, 0.2) is 0 Å². The van der Waals surface area contributed by atoms with Crippen molar-refractivity contribution in [2.24, 2.45) is 11.1 Å². The molecule has 1 amide bonds. The topological polar surface area (TPSA) is 83.8 Å². The highest BCUT2D eigenvalue weighted by molar-refractivity contribution is 5.95. The highest BCUT2D eigenvalue weighted by Gasteiger charge is 2.27. The van der Waals surface area contributed by atoms with E-state index in [1.165, 1.54) is 0 Å². The van der Waals surface area contributed by atoms with Gasteiger partial charge in [-0.05, 0) is 29.2 Å². The van der Waals surface area contributed by atoms with Gasteiger partial charge in [-0.1, -0.05) is 32.9 Å². The Morgan fingerprint density at radius 2 is 1.90 bits per heavy atom. The number of carbonyl (C=O) groups excluding carboxylic acids is 1. The molecule has 4 N–H and O–H groups in total. The van der Waals surface area contributed by atoms with Gasteiger partial charge < -0.3 is 11.1 Å². The van der Waals surface area contributed by atoms with E-state index in [4.69, 9.17) is 5.73 Å². The summed E-state index contributed by atoms with van der Waals surface area (Å²) in [6.45, 7) is 5.83. The van der Waals surface area contributed by atoms with Crippen molar-refractivity contribution < 1.29 is 4.79 Å². The Bertz CT molecular complexity index is 567. The standard InChI is InChI=1S/C15H20N4O/c1-15(2,3)13(16)14(20)18-11-6-4-10(5-7-11)12-8-9-17-19-12/h4-9,13H,16H2,1-3H3,(H,17,19)(H,18,20)/t13-/m0/s1. The lowest BCUT2D eigenvalue weighted by Crippen LogP contribution is -2.45. The quantitative estimate of drug-likeness (QED) is 0.802. The second-order valence-corrected chi connectivity index (χ2v) is 5.88. The maximum Gasteiger partial charge on any atom is 0.241 e. The molecule has 0 spiro atoms. The van der Waals surface area contributed by atoms with Crippen LogP contribution in [0.5, 0.6) is 0 Å². The number of aromatic amines is 1. The fraction of sp³-hybridized carbons (Fsp3) is 0.333. The van der Waals surface area contributed by atoms with E-state index in [-0.39, 0.29) is 11.3 Å². The number of anilines is 1. The van der Waals surface area contributed by atoms with Crippen LogP contribution in [0.1, 0.15) is 20.8 Å². The molecule has 0 aliphatic heterocycles. The zero-order chi connectivity index (χ0) is 14.8. The maximum absolute atomic E-state index is 12.0. The highest BCUT2D eigenvalue weighted by Crippen LogP contribution is 2.21. The molecule has 5 heteroatoms. The minimum Gasteiger partial charge on any atom is -0.325 e. The molecule has 1 aromatic heterocycles. The van der Waals surface area contributed by atoms with Gasteiger partial charge in [0.1, 0.15) is 0 Å². The SMILES string of the molecule is CC(C)(C)[C@@H](N)C(=O)Nc1ccc(-c2ccn[nH]2)cc1. The number of hydrogen-bond acceptors (Lipinski definition) is 3. The summed E-state index contributed by atoms with van der Waals surface area (Å²) in [5.41, 5.74) is 8.35. The maximum atomic E-state index is 12.0. The molecule has 0 aliphatic carbocycles. The van der Waals surface area contributed by atoms with Crippen LogP contribution in [0, 0.1) is 5.41 Å². The summed E-state index contributed by atoms with van der Waals surface area (Å²) in [5, 5.41) is 9.63. The van der Waals surface area contributed by atoms with E-state index >= 15 is 0 Å². The highest BCUT2D eigenvalue weighted by atomic mass is 16.2. The molecule has 106 valence electrons. The number of nitrogens with zero attached hydrogens (tertiary/aromatic N) is 1. The van der Waals surface area contributed by atoms with Crippen molar-refractivity contribution in [3.05, 3.63) is 36.5 Å². The number of nitrogens with one attached hydrogen (secondary N) is 2. The molecule has 0 unspecified atom stereocenters. The summed E-state index contributed by atoms with van der Waals surface area (Å²) in [6, 6.07) is 8.89. The van der Waals surface area contributed by atoms with Gasteiger partial charge in [-0.25, -0.2) is 0 Å². The fourth-order valence-electron chi connectivity index (χ4n) is 1.76. The van der Waals surface area contributed by atoms with Gasteiger partial charge in [0.05, 0.1) is 11.7 Å². The number of carbonyl (C=O) groups is 1. The van der Waals surface area contributed by atoms with Crippen LogP contribution in [0.25, 0.3) is 11.3 Å². The van der Waals surface area contributed by atoms with Crippen LogP contribution < -0.4 is 11.1 Å². The van der Waals surface area contributed by atoms with Crippen LogP contribution in [0.15, 0.2) is 36.5 Å². The summed E-state index contributed by atoms with van der Waals surface area (Å²) < 4.78 is 0. The second kappa shape index (κ2) is 5.46. The van der Waals surface area contributed by atoms with Gasteiger partial charge in [-0.15, -0.1) is 0 Å². The Labute approximate surface area is 118 Å². The second-order valence-electron chi connectivity index (χ2n) is 5.88. The normalized spacial score (nSPS) is 13.0. The molecule has 1 aromatic carbocycles. The van der Waals surface area contributed by atoms with Crippen molar-refractivity contribution in [2.45, 2.75) is 26.8 Å². The first-order valence-corrected chi connectivity index (χ1v) is 6.54. The summed E-state index contributed by atoms with van der Waals surface area (Å²) in [5.74, 6) is -0.174. The lowest BCUT2D eigenvalue weighted by molar-refractivity contribution is -0.119. The first-order chi connectivity index (χ1) is 9.38. The third-order valence-electron chi connectivity index (χ3n) is 3.18. The van der Waals surface area contributed by atoms with Gasteiger partial charge in [0, 0.05) is 11.9 Å². The Hall–Kier alpha value is -2.14. The number of rotatable bonds is 3. The third kappa shape index (κ3) is 3.24. The zero-order valence-corrected chi connectivity index (χ0v) is 12.0. The third-order valence-corrected chi connectivity index (χ3v) is 3.18. The first-order valence-electron chi connectivity index (χ1n) is 6.54. The molecule has 2 rings (SSSR count). The number of nitrogens with two attached hydrogens (primary N) is 1. The predicted molar refractivity (Wildman–Crippen MR) is 80.1 cm³/mol. The zero-order valence-electron chi connectivity index (χ0n) is 12.0. The molecule has 2 aromatic rings. The Morgan fingerprint density at radius 3 is 2.40 bits per heavy atom. The molecular formula is C15H20N4O. The molecule has 1 heterocycles. The molecule has 1 atom stereocenters. The van der Waals surface area contributed by atoms with E-state index < -0.39 is 6.04 Å². The fourth-order valence-corrected chi connectivity index (χ4v) is 1.76. The number of hydrogen-bond donors (Lipinski definition) is 3. The van der Waals surface area contributed by atoms with E-state index in [1.807, 2.05) is 51.1 Å². The minimum absolute atomic E-state index is 0.174. The van der Waals surface area contributed by atoms with E-state index in [1.54, 1.807) is 6.20 Å². The van der Waals surface area contributed by atoms with Crippen LogP contribution in [0.4, 0.5) is 5.69 Å². The molecule has 0 bridgehead atoms. The van der Waals surface area contributed by atoms with E-state index in [0.29, 0.717) is 0 Å². The van der Waals surface area contributed by atoms with Crippen LogP contribution in [-0.4, -0.2) is 22.1 Å². The van der Waals surface area contributed by atoms with E-state index in [0.717, 1.165) is 16.9 Å². The smallest absolute Gasteiger partial charge is 0.241 e. The van der Waals surface area contributed by atoms with Gasteiger partial charge >= 0.3 is 0 Å². The summed E-state index contributed by atoms with van der Waals surface area (Å²) in [4.78, 5) is 12.0. The van der Waals surface area contributed by atoms with E-state index in [2.05, 4.69) is 15.5 Å². The van der Waals surface area contributed by atoms with Gasteiger partial charge in [-0.2, -0.15) is 5.10 Å². The van der Waals surface area contributed by atoms with Crippen molar-refractivity contribution in [3.8, 4) is 11.3 Å². The molecule has 0 aliphatic rings. The van der Waals surface area contributed by atoms with Gasteiger partial charge in [0.25, 0.3) is 0 Å². The molecule has 0 saturated heterocycles. The molecule has 20 heavy (non-hydrogen) atoms. The average molecular weight is 272 g/mol. The molecule has 0 radical (unpaired) electrons. The lowest BCUT2D eigenvalue weighted by atomic mass is 9.87. The van der Waals surface area contributed by atoms with Crippen LogP contribution in [-0.2, 0) is 4.79 Å².